The highest BCUT2D eigenvalue weighted by Crippen LogP contribution is 2.16. The number of hydrogen-bond acceptors (Lipinski definition) is 4. The Morgan fingerprint density at radius 3 is 2.95 bits per heavy atom. The molecular weight excluding hydrogens is 284 g/mol. The molecule has 0 unspecified atom stereocenters. The van der Waals surface area contributed by atoms with Crippen molar-refractivity contribution in [1.29, 1.82) is 0 Å². The molecule has 1 saturated heterocycles. The highest BCUT2D eigenvalue weighted by atomic mass is 16.5. The number of rotatable bonds is 3. The van der Waals surface area contributed by atoms with Gasteiger partial charge in [0.25, 0.3) is 0 Å². The summed E-state index contributed by atoms with van der Waals surface area (Å²) in [5, 5.41) is 2.90. The highest BCUT2D eigenvalue weighted by molar-refractivity contribution is 5.96. The zero-order valence-electron chi connectivity index (χ0n) is 12.7. The van der Waals surface area contributed by atoms with E-state index in [9.17, 15) is 9.59 Å². The third kappa shape index (κ3) is 3.05. The molecule has 22 heavy (non-hydrogen) atoms. The molecule has 2 atom stereocenters. The van der Waals surface area contributed by atoms with Crippen LogP contribution in [0.25, 0.3) is 11.0 Å². The Bertz CT molecular complexity index is 736. The Morgan fingerprint density at radius 2 is 2.18 bits per heavy atom. The Balaban J connectivity index is 1.70. The van der Waals surface area contributed by atoms with Crippen LogP contribution in [0.5, 0.6) is 0 Å². The lowest BCUT2D eigenvalue weighted by atomic mass is 10.2. The average Bonchev–Trinajstić information content (AvgIpc) is 2.85. The molecule has 0 aliphatic carbocycles. The van der Waals surface area contributed by atoms with Crippen molar-refractivity contribution in [3.63, 3.8) is 0 Å². The number of carbonyl (C=O) groups excluding carboxylic acids is 1. The average molecular weight is 304 g/mol. The molecule has 1 aliphatic rings. The Hall–Kier alpha value is -2.12. The molecule has 118 valence electrons. The first-order valence-electron chi connectivity index (χ1n) is 7.41. The summed E-state index contributed by atoms with van der Waals surface area (Å²) in [6, 6.07) is 5.07. The van der Waals surface area contributed by atoms with Gasteiger partial charge >= 0.3 is 5.69 Å². The van der Waals surface area contributed by atoms with E-state index in [-0.39, 0.29) is 23.7 Å². The summed E-state index contributed by atoms with van der Waals surface area (Å²) in [6.45, 7) is 6.05. The molecule has 1 aliphatic heterocycles. The van der Waals surface area contributed by atoms with E-state index in [0.29, 0.717) is 17.8 Å². The second-order valence-electron chi connectivity index (χ2n) is 5.68. The van der Waals surface area contributed by atoms with Gasteiger partial charge in [-0.05, 0) is 32.0 Å². The number of imidazole rings is 1. The quantitative estimate of drug-likeness (QED) is 0.786. The topological polar surface area (TPSA) is 90.2 Å². The highest BCUT2D eigenvalue weighted by Gasteiger charge is 2.26. The number of benzene rings is 1. The number of nitrogens with one attached hydrogen (secondary N) is 3. The molecule has 3 rings (SSSR count). The standard InChI is InChI=1S/C15H20N4O3/c1-9-8-19(5-6-22-9)10(2)14(20)16-11-3-4-12-13(7-11)18-15(21)17-12/h3-4,7,9-10H,5-6,8H2,1-2H3,(H,16,20)(H2,17,18,21)/t9-,10+/m0/s1. The number of carbonyl (C=O) groups is 1. The third-order valence-electron chi connectivity index (χ3n) is 3.98. The summed E-state index contributed by atoms with van der Waals surface area (Å²) in [6.07, 6.45) is 0.144. The summed E-state index contributed by atoms with van der Waals surface area (Å²) in [5.41, 5.74) is 1.81. The lowest BCUT2D eigenvalue weighted by Gasteiger charge is -2.34. The minimum Gasteiger partial charge on any atom is -0.376 e. The van der Waals surface area contributed by atoms with Gasteiger partial charge in [-0.3, -0.25) is 9.69 Å². The van der Waals surface area contributed by atoms with Crippen LogP contribution in [0.3, 0.4) is 0 Å². The first-order valence-corrected chi connectivity index (χ1v) is 7.41. The predicted octanol–water partition coefficient (Wildman–Crippen LogP) is 0.904. The molecular formula is C15H20N4O3. The van der Waals surface area contributed by atoms with Crippen LogP contribution in [0.2, 0.25) is 0 Å². The Morgan fingerprint density at radius 1 is 1.41 bits per heavy atom. The van der Waals surface area contributed by atoms with Gasteiger partial charge in [0.2, 0.25) is 5.91 Å². The number of H-pyrrole nitrogens is 2. The van der Waals surface area contributed by atoms with E-state index in [1.54, 1.807) is 18.2 Å². The molecule has 1 aromatic carbocycles. The van der Waals surface area contributed by atoms with Crippen LogP contribution in [-0.4, -0.2) is 52.6 Å². The molecule has 7 nitrogen and oxygen atoms in total. The molecule has 2 aromatic rings. The first kappa shape index (κ1) is 14.8. The van der Waals surface area contributed by atoms with E-state index in [2.05, 4.69) is 20.2 Å². The van der Waals surface area contributed by atoms with Gasteiger partial charge in [-0.1, -0.05) is 0 Å². The normalized spacial score (nSPS) is 20.9. The van der Waals surface area contributed by atoms with E-state index in [4.69, 9.17) is 4.74 Å². The molecule has 0 bridgehead atoms. The number of fused-ring (bicyclic) bond motifs is 1. The molecule has 0 spiro atoms. The van der Waals surface area contributed by atoms with Crippen LogP contribution < -0.4 is 11.0 Å². The SMILES string of the molecule is C[C@H](C(=O)Nc1ccc2[nH]c(=O)[nH]c2c1)N1CCO[C@@H](C)C1. The van der Waals surface area contributed by atoms with Gasteiger partial charge in [0.1, 0.15) is 0 Å². The maximum absolute atomic E-state index is 12.4. The zero-order valence-corrected chi connectivity index (χ0v) is 12.7. The molecule has 1 aromatic heterocycles. The number of nitrogens with zero attached hydrogens (tertiary/aromatic N) is 1. The molecule has 1 fully saturated rings. The summed E-state index contributed by atoms with van der Waals surface area (Å²) in [4.78, 5) is 31.1. The summed E-state index contributed by atoms with van der Waals surface area (Å²) >= 11 is 0. The summed E-state index contributed by atoms with van der Waals surface area (Å²) < 4.78 is 5.50. The summed E-state index contributed by atoms with van der Waals surface area (Å²) in [5.74, 6) is -0.0636. The number of hydrogen-bond donors (Lipinski definition) is 3. The van der Waals surface area contributed by atoms with E-state index < -0.39 is 0 Å². The third-order valence-corrected chi connectivity index (χ3v) is 3.98. The van der Waals surface area contributed by atoms with Crippen LogP contribution in [0.15, 0.2) is 23.0 Å². The number of aromatic amines is 2. The minimum atomic E-state index is -0.255. The largest absolute Gasteiger partial charge is 0.376 e. The van der Waals surface area contributed by atoms with Crippen molar-refractivity contribution in [2.75, 3.05) is 25.0 Å². The van der Waals surface area contributed by atoms with Crippen molar-refractivity contribution in [3.05, 3.63) is 28.7 Å². The molecule has 1 amide bonds. The van der Waals surface area contributed by atoms with Crippen LogP contribution in [0.4, 0.5) is 5.69 Å². The Kier molecular flexibility index (Phi) is 4.00. The lowest BCUT2D eigenvalue weighted by Crippen LogP contribution is -2.50. The van der Waals surface area contributed by atoms with Gasteiger partial charge in [-0.2, -0.15) is 0 Å². The van der Waals surface area contributed by atoms with E-state index in [1.807, 2.05) is 13.8 Å². The smallest absolute Gasteiger partial charge is 0.323 e. The predicted molar refractivity (Wildman–Crippen MR) is 84.0 cm³/mol. The number of anilines is 1. The number of amides is 1. The minimum absolute atomic E-state index is 0.0636. The zero-order chi connectivity index (χ0) is 15.7. The van der Waals surface area contributed by atoms with Crippen LogP contribution in [0.1, 0.15) is 13.8 Å². The van der Waals surface area contributed by atoms with Crippen molar-refractivity contribution in [2.24, 2.45) is 0 Å². The van der Waals surface area contributed by atoms with E-state index in [1.165, 1.54) is 0 Å². The van der Waals surface area contributed by atoms with Crippen molar-refractivity contribution < 1.29 is 9.53 Å². The van der Waals surface area contributed by atoms with E-state index >= 15 is 0 Å². The van der Waals surface area contributed by atoms with Crippen molar-refractivity contribution >= 4 is 22.6 Å². The van der Waals surface area contributed by atoms with Gasteiger partial charge in [0.15, 0.2) is 0 Å². The first-order chi connectivity index (χ1) is 10.5. The van der Waals surface area contributed by atoms with Gasteiger partial charge in [0, 0.05) is 18.8 Å². The fourth-order valence-electron chi connectivity index (χ4n) is 2.72. The van der Waals surface area contributed by atoms with Crippen LogP contribution >= 0.6 is 0 Å². The second kappa shape index (κ2) is 5.94. The molecule has 3 N–H and O–H groups in total. The van der Waals surface area contributed by atoms with Gasteiger partial charge in [-0.15, -0.1) is 0 Å². The Labute approximate surface area is 127 Å². The molecule has 7 heteroatoms. The van der Waals surface area contributed by atoms with Gasteiger partial charge in [0.05, 0.1) is 29.8 Å². The summed E-state index contributed by atoms with van der Waals surface area (Å²) in [7, 11) is 0. The fraction of sp³-hybridized carbons (Fsp3) is 0.467. The fourth-order valence-corrected chi connectivity index (χ4v) is 2.72. The number of ether oxygens (including phenoxy) is 1. The van der Waals surface area contributed by atoms with Gasteiger partial charge < -0.3 is 20.0 Å². The van der Waals surface area contributed by atoms with Gasteiger partial charge in [-0.25, -0.2) is 4.79 Å². The maximum atomic E-state index is 12.4. The van der Waals surface area contributed by atoms with Crippen molar-refractivity contribution in [3.8, 4) is 0 Å². The lowest BCUT2D eigenvalue weighted by molar-refractivity contribution is -0.123. The molecule has 0 saturated carbocycles. The second-order valence-corrected chi connectivity index (χ2v) is 5.68. The van der Waals surface area contributed by atoms with Crippen molar-refractivity contribution in [2.45, 2.75) is 26.0 Å². The van der Waals surface area contributed by atoms with E-state index in [0.717, 1.165) is 18.6 Å². The molecule has 0 radical (unpaired) electrons. The van der Waals surface area contributed by atoms with Crippen molar-refractivity contribution in [1.82, 2.24) is 14.9 Å². The molecule has 2 heterocycles. The number of morpholine rings is 1. The maximum Gasteiger partial charge on any atom is 0.323 e. The number of aromatic nitrogens is 2. The monoisotopic (exact) mass is 304 g/mol. The van der Waals surface area contributed by atoms with Crippen LogP contribution in [0, 0.1) is 0 Å². The van der Waals surface area contributed by atoms with Crippen LogP contribution in [-0.2, 0) is 9.53 Å².